The molecule has 2 saturated heterocycles. The highest BCUT2D eigenvalue weighted by molar-refractivity contribution is 7.16. The summed E-state index contributed by atoms with van der Waals surface area (Å²) in [5.74, 6) is 0.723. The van der Waals surface area contributed by atoms with Crippen LogP contribution in [0, 0.1) is 5.41 Å². The lowest BCUT2D eigenvalue weighted by Gasteiger charge is -2.48. The van der Waals surface area contributed by atoms with E-state index in [1.54, 1.807) is 13.1 Å². The number of thiophene rings is 1. The number of likely N-dealkylation sites (tertiary alicyclic amines) is 2. The molecular weight excluding hydrogens is 409 g/mol. The second-order valence-corrected chi connectivity index (χ2v) is 9.35. The molecule has 8 heteroatoms. The molecule has 4 nitrogen and oxygen atoms in total. The second-order valence-electron chi connectivity index (χ2n) is 8.23. The van der Waals surface area contributed by atoms with Crippen LogP contribution >= 0.6 is 11.3 Å². The number of rotatable bonds is 5. The van der Waals surface area contributed by atoms with E-state index in [9.17, 15) is 13.2 Å². The first-order valence-corrected chi connectivity index (χ1v) is 10.8. The molecule has 160 valence electrons. The third kappa shape index (κ3) is 4.44. The van der Waals surface area contributed by atoms with Gasteiger partial charge in [-0.3, -0.25) is 14.9 Å². The van der Waals surface area contributed by atoms with Gasteiger partial charge in [-0.05, 0) is 24.8 Å². The number of benzene rings is 1. The molecule has 4 rings (SSSR count). The average Bonchev–Trinajstić information content (AvgIpc) is 3.27. The van der Waals surface area contributed by atoms with Crippen LogP contribution in [0.5, 0.6) is 0 Å². The summed E-state index contributed by atoms with van der Waals surface area (Å²) < 4.78 is 38.5. The van der Waals surface area contributed by atoms with Crippen molar-refractivity contribution in [1.82, 2.24) is 9.80 Å². The zero-order valence-electron chi connectivity index (χ0n) is 17.0. The SMILES string of the molecule is C=Nc1sc(CC(F)(F)F)cc1/C(=N\C)N1CCC2(CN(Cc3ccccc3)C2)C1. The standard InChI is InChI=1S/C22H25F3N4S/c1-26-19(18-10-17(11-22(23,24)25)30-20(18)27-2)29-9-8-21(15-29)13-28(14-21)12-16-6-4-3-5-7-16/h3-7,10H,2,8-9,11-15H2,1H3/b26-19+. The minimum Gasteiger partial charge on any atom is -0.356 e. The van der Waals surface area contributed by atoms with Crippen LogP contribution in [0.3, 0.4) is 0 Å². The quantitative estimate of drug-likeness (QED) is 0.502. The summed E-state index contributed by atoms with van der Waals surface area (Å²) in [6, 6.07) is 12.0. The van der Waals surface area contributed by atoms with Gasteiger partial charge in [0.25, 0.3) is 0 Å². The summed E-state index contributed by atoms with van der Waals surface area (Å²) in [4.78, 5) is 13.3. The topological polar surface area (TPSA) is 31.2 Å². The van der Waals surface area contributed by atoms with Crippen molar-refractivity contribution in [2.24, 2.45) is 15.4 Å². The number of aliphatic imine (C=N–C) groups is 2. The van der Waals surface area contributed by atoms with Gasteiger partial charge in [-0.2, -0.15) is 13.2 Å². The van der Waals surface area contributed by atoms with E-state index >= 15 is 0 Å². The molecule has 0 N–H and O–H groups in total. The maximum Gasteiger partial charge on any atom is 0.393 e. The van der Waals surface area contributed by atoms with Crippen LogP contribution in [0.25, 0.3) is 0 Å². The van der Waals surface area contributed by atoms with Crippen LogP contribution < -0.4 is 0 Å². The van der Waals surface area contributed by atoms with Gasteiger partial charge in [0.2, 0.25) is 0 Å². The molecule has 0 saturated carbocycles. The maximum atomic E-state index is 12.8. The van der Waals surface area contributed by atoms with Gasteiger partial charge < -0.3 is 4.90 Å². The van der Waals surface area contributed by atoms with Crippen LogP contribution in [0.1, 0.15) is 22.4 Å². The zero-order chi connectivity index (χ0) is 21.4. The molecule has 2 aromatic rings. The van der Waals surface area contributed by atoms with Gasteiger partial charge in [0, 0.05) is 50.1 Å². The summed E-state index contributed by atoms with van der Waals surface area (Å²) in [5, 5.41) is 0.509. The van der Waals surface area contributed by atoms with E-state index in [1.165, 1.54) is 5.56 Å². The number of nitrogens with zero attached hydrogens (tertiary/aromatic N) is 4. The van der Waals surface area contributed by atoms with Crippen LogP contribution in [-0.2, 0) is 13.0 Å². The Bertz CT molecular complexity index is 930. The van der Waals surface area contributed by atoms with E-state index in [-0.39, 0.29) is 10.3 Å². The number of hydrogen-bond acceptors (Lipinski definition) is 4. The Kier molecular flexibility index (Phi) is 5.72. The molecule has 2 aliphatic heterocycles. The first-order chi connectivity index (χ1) is 14.3. The smallest absolute Gasteiger partial charge is 0.356 e. The van der Waals surface area contributed by atoms with E-state index in [4.69, 9.17) is 0 Å². The molecule has 0 radical (unpaired) electrons. The molecular formula is C22H25F3N4S. The predicted octanol–water partition coefficient (Wildman–Crippen LogP) is 4.77. The first kappa shape index (κ1) is 21.1. The lowest BCUT2D eigenvalue weighted by Crippen LogP contribution is -2.57. The Morgan fingerprint density at radius 1 is 1.20 bits per heavy atom. The van der Waals surface area contributed by atoms with Crippen molar-refractivity contribution in [1.29, 1.82) is 0 Å². The highest BCUT2D eigenvalue weighted by Gasteiger charge is 2.48. The molecule has 1 spiro atoms. The number of amidine groups is 1. The number of alkyl halides is 3. The molecule has 1 aromatic heterocycles. The Labute approximate surface area is 178 Å². The van der Waals surface area contributed by atoms with E-state index in [0.717, 1.165) is 56.3 Å². The molecule has 2 fully saturated rings. The fourth-order valence-electron chi connectivity index (χ4n) is 4.66. The summed E-state index contributed by atoms with van der Waals surface area (Å²) >= 11 is 1.05. The summed E-state index contributed by atoms with van der Waals surface area (Å²) in [5.41, 5.74) is 2.21. The van der Waals surface area contributed by atoms with E-state index < -0.39 is 12.6 Å². The van der Waals surface area contributed by atoms with Gasteiger partial charge in [-0.15, -0.1) is 11.3 Å². The van der Waals surface area contributed by atoms with Crippen molar-refractivity contribution in [3.63, 3.8) is 0 Å². The van der Waals surface area contributed by atoms with Gasteiger partial charge >= 0.3 is 6.18 Å². The van der Waals surface area contributed by atoms with Gasteiger partial charge in [0.1, 0.15) is 10.8 Å². The maximum absolute atomic E-state index is 12.8. The van der Waals surface area contributed by atoms with Crippen molar-refractivity contribution in [3.05, 3.63) is 52.4 Å². The molecule has 0 aliphatic carbocycles. The Morgan fingerprint density at radius 3 is 2.57 bits per heavy atom. The molecule has 0 bridgehead atoms. The van der Waals surface area contributed by atoms with E-state index in [0.29, 0.717) is 10.6 Å². The fraction of sp³-hybridized carbons (Fsp3) is 0.455. The summed E-state index contributed by atoms with van der Waals surface area (Å²) in [6.45, 7) is 8.29. The molecule has 0 amide bonds. The molecule has 3 heterocycles. The minimum absolute atomic E-state index is 0.233. The van der Waals surface area contributed by atoms with Crippen molar-refractivity contribution in [3.8, 4) is 0 Å². The highest BCUT2D eigenvalue weighted by Crippen LogP contribution is 2.42. The van der Waals surface area contributed by atoms with Crippen LogP contribution in [-0.4, -0.2) is 61.8 Å². The number of hydrogen-bond donors (Lipinski definition) is 0. The average molecular weight is 435 g/mol. The van der Waals surface area contributed by atoms with Crippen molar-refractivity contribution in [2.45, 2.75) is 25.6 Å². The lowest BCUT2D eigenvalue weighted by molar-refractivity contribution is -0.126. The molecule has 2 aliphatic rings. The molecule has 0 atom stereocenters. The van der Waals surface area contributed by atoms with E-state index in [2.05, 4.69) is 50.8 Å². The third-order valence-corrected chi connectivity index (χ3v) is 6.91. The highest BCUT2D eigenvalue weighted by atomic mass is 32.1. The van der Waals surface area contributed by atoms with Crippen molar-refractivity contribution >= 4 is 28.9 Å². The van der Waals surface area contributed by atoms with Gasteiger partial charge in [0.15, 0.2) is 0 Å². The van der Waals surface area contributed by atoms with Gasteiger partial charge in [-0.25, -0.2) is 0 Å². The normalized spacial score (nSPS) is 19.3. The lowest BCUT2D eigenvalue weighted by atomic mass is 9.79. The second kappa shape index (κ2) is 8.15. The monoisotopic (exact) mass is 434 g/mol. The first-order valence-electron chi connectivity index (χ1n) is 9.95. The summed E-state index contributed by atoms with van der Waals surface area (Å²) in [7, 11) is 1.69. The molecule has 30 heavy (non-hydrogen) atoms. The molecule has 1 aromatic carbocycles. The summed E-state index contributed by atoms with van der Waals surface area (Å²) in [6.07, 6.45) is -4.13. The van der Waals surface area contributed by atoms with Crippen LogP contribution in [0.4, 0.5) is 18.2 Å². The van der Waals surface area contributed by atoms with Crippen molar-refractivity contribution < 1.29 is 13.2 Å². The van der Waals surface area contributed by atoms with E-state index in [1.807, 2.05) is 6.07 Å². The van der Waals surface area contributed by atoms with Crippen molar-refractivity contribution in [2.75, 3.05) is 33.2 Å². The molecule has 0 unspecified atom stereocenters. The number of halogens is 3. The predicted molar refractivity (Wildman–Crippen MR) is 116 cm³/mol. The zero-order valence-corrected chi connectivity index (χ0v) is 17.8. The third-order valence-electron chi connectivity index (χ3n) is 5.84. The Balaban J connectivity index is 1.43. The van der Waals surface area contributed by atoms with Gasteiger partial charge in [-0.1, -0.05) is 30.3 Å². The minimum atomic E-state index is -4.24. The largest absolute Gasteiger partial charge is 0.393 e. The van der Waals surface area contributed by atoms with Gasteiger partial charge in [0.05, 0.1) is 12.0 Å². The van der Waals surface area contributed by atoms with Crippen LogP contribution in [0.2, 0.25) is 0 Å². The Hall–Kier alpha value is -2.19. The Morgan fingerprint density at radius 2 is 1.93 bits per heavy atom. The van der Waals surface area contributed by atoms with Crippen LogP contribution in [0.15, 0.2) is 46.4 Å². The fourth-order valence-corrected chi connectivity index (χ4v) is 5.64.